The summed E-state index contributed by atoms with van der Waals surface area (Å²) in [4.78, 5) is 16.8. The first-order chi connectivity index (χ1) is 10.2. The van der Waals surface area contributed by atoms with E-state index >= 15 is 0 Å². The van der Waals surface area contributed by atoms with Crippen LogP contribution in [0.1, 0.15) is 5.56 Å². The molecule has 0 spiro atoms. The molecule has 2 aromatic carbocycles. The largest absolute Gasteiger partial charge is 0.300 e. The molecule has 3 nitrogen and oxygen atoms in total. The summed E-state index contributed by atoms with van der Waals surface area (Å²) in [5, 5.41) is 3.19. The molecule has 0 unspecified atom stereocenters. The molecular formula is C16H11FN2OS. The number of aliphatic imine (C=N–C) groups is 1. The van der Waals surface area contributed by atoms with Crippen molar-refractivity contribution in [3.63, 3.8) is 0 Å². The maximum Gasteiger partial charge on any atom is 0.264 e. The summed E-state index contributed by atoms with van der Waals surface area (Å²) >= 11 is 1.27. The fourth-order valence-electron chi connectivity index (χ4n) is 1.81. The van der Waals surface area contributed by atoms with Crippen LogP contribution in [0.25, 0.3) is 6.08 Å². The first-order valence-electron chi connectivity index (χ1n) is 6.31. The minimum Gasteiger partial charge on any atom is -0.300 e. The highest BCUT2D eigenvalue weighted by atomic mass is 32.2. The molecular weight excluding hydrogens is 287 g/mol. The molecule has 1 saturated heterocycles. The SMILES string of the molecule is O=C1NC(=Nc2ccc(F)cc2)SC1=Cc1ccccc1. The zero-order chi connectivity index (χ0) is 14.7. The number of amidine groups is 1. The number of benzene rings is 2. The molecule has 104 valence electrons. The summed E-state index contributed by atoms with van der Waals surface area (Å²) in [6.07, 6.45) is 1.81. The van der Waals surface area contributed by atoms with Crippen molar-refractivity contribution in [3.8, 4) is 0 Å². The van der Waals surface area contributed by atoms with Gasteiger partial charge in [-0.1, -0.05) is 30.3 Å². The number of carbonyl (C=O) groups is 1. The first kappa shape index (κ1) is 13.6. The molecule has 0 bridgehead atoms. The minimum absolute atomic E-state index is 0.176. The molecule has 21 heavy (non-hydrogen) atoms. The third-order valence-electron chi connectivity index (χ3n) is 2.81. The van der Waals surface area contributed by atoms with Gasteiger partial charge in [0.05, 0.1) is 10.6 Å². The average molecular weight is 298 g/mol. The van der Waals surface area contributed by atoms with Gasteiger partial charge in [0.1, 0.15) is 5.82 Å². The van der Waals surface area contributed by atoms with Gasteiger partial charge >= 0.3 is 0 Å². The Hall–Kier alpha value is -2.40. The van der Waals surface area contributed by atoms with Gasteiger partial charge in [-0.2, -0.15) is 0 Å². The zero-order valence-electron chi connectivity index (χ0n) is 10.9. The van der Waals surface area contributed by atoms with E-state index in [0.29, 0.717) is 15.8 Å². The molecule has 1 aliphatic heterocycles. The molecule has 1 N–H and O–H groups in total. The third-order valence-corrected chi connectivity index (χ3v) is 3.72. The van der Waals surface area contributed by atoms with Crippen molar-refractivity contribution < 1.29 is 9.18 Å². The molecule has 5 heteroatoms. The Morgan fingerprint density at radius 2 is 1.76 bits per heavy atom. The van der Waals surface area contributed by atoms with E-state index in [-0.39, 0.29) is 11.7 Å². The highest BCUT2D eigenvalue weighted by Crippen LogP contribution is 2.27. The Morgan fingerprint density at radius 1 is 1.05 bits per heavy atom. The molecule has 1 amide bonds. The van der Waals surface area contributed by atoms with Crippen LogP contribution in [0.15, 0.2) is 64.5 Å². The summed E-state index contributed by atoms with van der Waals surface area (Å²) in [6.45, 7) is 0. The van der Waals surface area contributed by atoms with E-state index < -0.39 is 0 Å². The fourth-order valence-corrected chi connectivity index (χ4v) is 2.66. The lowest BCUT2D eigenvalue weighted by Gasteiger charge is -1.95. The molecule has 0 aromatic heterocycles. The maximum absolute atomic E-state index is 12.8. The van der Waals surface area contributed by atoms with Gasteiger partial charge in [0.25, 0.3) is 5.91 Å². The van der Waals surface area contributed by atoms with E-state index in [1.54, 1.807) is 12.1 Å². The van der Waals surface area contributed by atoms with Crippen LogP contribution in [0.3, 0.4) is 0 Å². The Morgan fingerprint density at radius 3 is 2.48 bits per heavy atom. The van der Waals surface area contributed by atoms with Crippen LogP contribution in [0.4, 0.5) is 10.1 Å². The van der Waals surface area contributed by atoms with Gasteiger partial charge in [-0.25, -0.2) is 9.38 Å². The molecule has 0 aliphatic carbocycles. The van der Waals surface area contributed by atoms with E-state index in [0.717, 1.165) is 5.56 Å². The summed E-state index contributed by atoms with van der Waals surface area (Å²) in [7, 11) is 0. The number of thioether (sulfide) groups is 1. The predicted octanol–water partition coefficient (Wildman–Crippen LogP) is 3.72. The standard InChI is InChI=1S/C16H11FN2OS/c17-12-6-8-13(9-7-12)18-16-19-15(20)14(21-16)10-11-4-2-1-3-5-11/h1-10H,(H,18,19,20). The monoisotopic (exact) mass is 298 g/mol. The number of nitrogens with one attached hydrogen (secondary N) is 1. The van der Waals surface area contributed by atoms with Gasteiger partial charge in [-0.05, 0) is 47.7 Å². The van der Waals surface area contributed by atoms with Gasteiger partial charge in [0.15, 0.2) is 5.17 Å². The van der Waals surface area contributed by atoms with Crippen LogP contribution >= 0.6 is 11.8 Å². The second-order valence-corrected chi connectivity index (χ2v) is 5.40. The average Bonchev–Trinajstić information content (AvgIpc) is 2.82. The molecule has 3 rings (SSSR count). The van der Waals surface area contributed by atoms with Gasteiger partial charge in [0.2, 0.25) is 0 Å². The molecule has 1 heterocycles. The Balaban J connectivity index is 1.81. The smallest absolute Gasteiger partial charge is 0.264 e. The van der Waals surface area contributed by atoms with Crippen molar-refractivity contribution in [1.29, 1.82) is 0 Å². The molecule has 0 atom stereocenters. The molecule has 2 aromatic rings. The Kier molecular flexibility index (Phi) is 3.83. The van der Waals surface area contributed by atoms with Crippen LogP contribution in [-0.2, 0) is 4.79 Å². The quantitative estimate of drug-likeness (QED) is 0.859. The Bertz CT molecular complexity index is 724. The number of halogens is 1. The highest BCUT2D eigenvalue weighted by Gasteiger charge is 2.23. The molecule has 1 aliphatic rings. The van der Waals surface area contributed by atoms with Crippen LogP contribution in [0.2, 0.25) is 0 Å². The second-order valence-electron chi connectivity index (χ2n) is 4.37. The minimum atomic E-state index is -0.313. The van der Waals surface area contributed by atoms with Crippen molar-refractivity contribution in [2.75, 3.05) is 0 Å². The predicted molar refractivity (Wildman–Crippen MR) is 83.6 cm³/mol. The highest BCUT2D eigenvalue weighted by molar-refractivity contribution is 8.18. The maximum atomic E-state index is 12.8. The van der Waals surface area contributed by atoms with E-state index in [2.05, 4.69) is 10.3 Å². The number of rotatable bonds is 2. The van der Waals surface area contributed by atoms with Crippen LogP contribution in [0, 0.1) is 5.82 Å². The molecule has 0 radical (unpaired) electrons. The van der Waals surface area contributed by atoms with Crippen molar-refractivity contribution in [2.24, 2.45) is 4.99 Å². The lowest BCUT2D eigenvalue weighted by atomic mass is 10.2. The topological polar surface area (TPSA) is 41.5 Å². The van der Waals surface area contributed by atoms with E-state index in [9.17, 15) is 9.18 Å². The van der Waals surface area contributed by atoms with Crippen molar-refractivity contribution >= 4 is 34.6 Å². The summed E-state index contributed by atoms with van der Waals surface area (Å²) in [6, 6.07) is 15.4. The van der Waals surface area contributed by atoms with Gasteiger partial charge in [0, 0.05) is 0 Å². The van der Waals surface area contributed by atoms with Gasteiger partial charge in [-0.15, -0.1) is 0 Å². The van der Waals surface area contributed by atoms with Crippen LogP contribution < -0.4 is 5.32 Å². The van der Waals surface area contributed by atoms with E-state index in [1.807, 2.05) is 36.4 Å². The first-order valence-corrected chi connectivity index (χ1v) is 7.12. The van der Waals surface area contributed by atoms with E-state index in [1.165, 1.54) is 23.9 Å². The molecule has 1 fully saturated rings. The number of hydrogen-bond donors (Lipinski definition) is 1. The number of carbonyl (C=O) groups excluding carboxylic acids is 1. The summed E-state index contributed by atoms with van der Waals surface area (Å²) in [5.41, 5.74) is 1.55. The lowest BCUT2D eigenvalue weighted by Crippen LogP contribution is -2.19. The fraction of sp³-hybridized carbons (Fsp3) is 0. The van der Waals surface area contributed by atoms with Crippen LogP contribution in [-0.4, -0.2) is 11.1 Å². The number of hydrogen-bond acceptors (Lipinski definition) is 3. The van der Waals surface area contributed by atoms with Gasteiger partial charge < -0.3 is 5.32 Å². The normalized spacial score (nSPS) is 18.2. The lowest BCUT2D eigenvalue weighted by molar-refractivity contribution is -0.115. The molecule has 0 saturated carbocycles. The van der Waals surface area contributed by atoms with Crippen molar-refractivity contribution in [3.05, 3.63) is 70.9 Å². The van der Waals surface area contributed by atoms with Crippen LogP contribution in [0.5, 0.6) is 0 Å². The zero-order valence-corrected chi connectivity index (χ0v) is 11.7. The van der Waals surface area contributed by atoms with Gasteiger partial charge in [-0.3, -0.25) is 4.79 Å². The third kappa shape index (κ3) is 3.38. The van der Waals surface area contributed by atoms with E-state index in [4.69, 9.17) is 0 Å². The second kappa shape index (κ2) is 5.93. The Labute approximate surface area is 125 Å². The van der Waals surface area contributed by atoms with Crippen molar-refractivity contribution in [2.45, 2.75) is 0 Å². The number of nitrogens with zero attached hydrogens (tertiary/aromatic N) is 1. The summed E-state index contributed by atoms with van der Waals surface area (Å²) in [5.74, 6) is -0.489. The number of amides is 1. The van der Waals surface area contributed by atoms with Crippen molar-refractivity contribution in [1.82, 2.24) is 5.32 Å². The summed E-state index contributed by atoms with van der Waals surface area (Å²) < 4.78 is 12.8.